The summed E-state index contributed by atoms with van der Waals surface area (Å²) in [6.07, 6.45) is 0. The Labute approximate surface area is 125 Å². The van der Waals surface area contributed by atoms with E-state index in [1.54, 1.807) is 18.6 Å². The molecule has 7 heteroatoms. The minimum Gasteiger partial charge on any atom is -0.383 e. The number of hydrogen-bond acceptors (Lipinski definition) is 4. The Kier molecular flexibility index (Phi) is 4.61. The molecule has 0 radical (unpaired) electrons. The Morgan fingerprint density at radius 1 is 1.60 bits per heavy atom. The number of halogens is 1. The van der Waals surface area contributed by atoms with Crippen LogP contribution < -0.4 is 11.1 Å². The summed E-state index contributed by atoms with van der Waals surface area (Å²) in [5.74, 6) is 0.209. The van der Waals surface area contributed by atoms with Crippen LogP contribution in [0.25, 0.3) is 11.0 Å². The van der Waals surface area contributed by atoms with Gasteiger partial charge in [-0.1, -0.05) is 15.9 Å². The summed E-state index contributed by atoms with van der Waals surface area (Å²) in [4.78, 5) is 16.4. The fourth-order valence-corrected chi connectivity index (χ4v) is 2.38. The Balaban J connectivity index is 2.29. The number of carbonyl (C=O) groups is 1. The predicted molar refractivity (Wildman–Crippen MR) is 81.4 cm³/mol. The molecule has 1 aromatic carbocycles. The quantitative estimate of drug-likeness (QED) is 0.811. The molecular weight excluding hydrogens is 324 g/mol. The topological polar surface area (TPSA) is 82.2 Å². The molecule has 0 saturated carbocycles. The zero-order valence-corrected chi connectivity index (χ0v) is 13.0. The van der Waals surface area contributed by atoms with Gasteiger partial charge in [0.15, 0.2) is 0 Å². The van der Waals surface area contributed by atoms with E-state index >= 15 is 0 Å². The Hall–Kier alpha value is -1.60. The normalized spacial score (nSPS) is 12.6. The summed E-state index contributed by atoms with van der Waals surface area (Å²) in [5.41, 5.74) is 7.52. The second-order valence-corrected chi connectivity index (χ2v) is 5.35. The molecule has 1 heterocycles. The molecule has 6 nitrogen and oxygen atoms in total. The zero-order valence-electron chi connectivity index (χ0n) is 11.4. The van der Waals surface area contributed by atoms with Crippen molar-refractivity contribution in [3.05, 3.63) is 22.7 Å². The lowest BCUT2D eigenvalue weighted by Gasteiger charge is -2.15. The van der Waals surface area contributed by atoms with Crippen LogP contribution in [0.1, 0.15) is 13.0 Å². The van der Waals surface area contributed by atoms with E-state index in [0.717, 1.165) is 15.5 Å². The summed E-state index contributed by atoms with van der Waals surface area (Å²) < 4.78 is 7.55. The van der Waals surface area contributed by atoms with Crippen molar-refractivity contribution in [3.63, 3.8) is 0 Å². The summed E-state index contributed by atoms with van der Waals surface area (Å²) in [6.45, 7) is 2.74. The third-order valence-corrected chi connectivity index (χ3v) is 3.54. The van der Waals surface area contributed by atoms with Crippen LogP contribution in [0.4, 0.5) is 5.95 Å². The summed E-state index contributed by atoms with van der Waals surface area (Å²) in [5, 5.41) is 2.80. The monoisotopic (exact) mass is 340 g/mol. The number of hydrogen-bond donors (Lipinski definition) is 2. The number of fused-ring (bicyclic) bond motifs is 1. The molecule has 0 bridgehead atoms. The van der Waals surface area contributed by atoms with Crippen molar-refractivity contribution in [3.8, 4) is 0 Å². The average Bonchev–Trinajstić information content (AvgIpc) is 2.73. The van der Waals surface area contributed by atoms with Crippen LogP contribution in [0, 0.1) is 0 Å². The highest BCUT2D eigenvalue weighted by atomic mass is 79.9. The van der Waals surface area contributed by atoms with Crippen LogP contribution >= 0.6 is 15.9 Å². The van der Waals surface area contributed by atoms with Gasteiger partial charge in [-0.05, 0) is 25.1 Å². The zero-order chi connectivity index (χ0) is 14.7. The number of anilines is 1. The molecule has 0 aliphatic carbocycles. The van der Waals surface area contributed by atoms with E-state index in [0.29, 0.717) is 19.1 Å². The van der Waals surface area contributed by atoms with Crippen molar-refractivity contribution in [1.29, 1.82) is 0 Å². The molecular formula is C13H17BrN4O2. The first-order chi connectivity index (χ1) is 9.54. The lowest BCUT2D eigenvalue weighted by molar-refractivity contribution is -0.123. The lowest BCUT2D eigenvalue weighted by atomic mass is 10.2. The fraction of sp³-hybridized carbons (Fsp3) is 0.385. The van der Waals surface area contributed by atoms with E-state index in [4.69, 9.17) is 10.5 Å². The maximum atomic E-state index is 12.1. The average molecular weight is 341 g/mol. The van der Waals surface area contributed by atoms with Crippen molar-refractivity contribution in [1.82, 2.24) is 14.9 Å². The van der Waals surface area contributed by atoms with Crippen molar-refractivity contribution in [2.24, 2.45) is 0 Å². The molecule has 1 atom stereocenters. The third kappa shape index (κ3) is 2.94. The number of aromatic nitrogens is 2. The van der Waals surface area contributed by atoms with Gasteiger partial charge in [0.05, 0.1) is 17.6 Å². The van der Waals surface area contributed by atoms with E-state index in [1.807, 2.05) is 18.2 Å². The van der Waals surface area contributed by atoms with E-state index < -0.39 is 6.04 Å². The van der Waals surface area contributed by atoms with Crippen LogP contribution in [-0.2, 0) is 9.53 Å². The smallest absolute Gasteiger partial charge is 0.242 e. The largest absolute Gasteiger partial charge is 0.383 e. The summed E-state index contributed by atoms with van der Waals surface area (Å²) >= 11 is 3.41. The van der Waals surface area contributed by atoms with E-state index in [9.17, 15) is 4.79 Å². The van der Waals surface area contributed by atoms with Crippen LogP contribution in [0.15, 0.2) is 22.7 Å². The highest BCUT2D eigenvalue weighted by Crippen LogP contribution is 2.25. The highest BCUT2D eigenvalue weighted by Gasteiger charge is 2.20. The van der Waals surface area contributed by atoms with E-state index in [1.165, 1.54) is 0 Å². The fourth-order valence-electron chi connectivity index (χ4n) is 2.03. The van der Waals surface area contributed by atoms with Gasteiger partial charge in [0.25, 0.3) is 0 Å². The number of methoxy groups -OCH3 is 1. The van der Waals surface area contributed by atoms with Crippen molar-refractivity contribution in [2.75, 3.05) is 26.0 Å². The summed E-state index contributed by atoms with van der Waals surface area (Å²) in [6, 6.07) is 5.22. The first-order valence-corrected chi connectivity index (χ1v) is 7.03. The highest BCUT2D eigenvalue weighted by molar-refractivity contribution is 9.10. The van der Waals surface area contributed by atoms with Crippen molar-refractivity contribution < 1.29 is 9.53 Å². The Bertz CT molecular complexity index is 626. The minimum absolute atomic E-state index is 0.118. The number of ether oxygens (including phenoxy) is 1. The number of nitrogen functional groups attached to an aromatic ring is 1. The van der Waals surface area contributed by atoms with Crippen LogP contribution in [0.5, 0.6) is 0 Å². The molecule has 108 valence electrons. The summed E-state index contributed by atoms with van der Waals surface area (Å²) in [7, 11) is 1.59. The molecule has 2 aromatic rings. The molecule has 1 unspecified atom stereocenters. The molecule has 0 saturated heterocycles. The second kappa shape index (κ2) is 6.23. The van der Waals surface area contributed by atoms with Crippen LogP contribution in [0.3, 0.4) is 0 Å². The van der Waals surface area contributed by atoms with Gasteiger partial charge in [0.2, 0.25) is 11.9 Å². The maximum Gasteiger partial charge on any atom is 0.242 e. The Morgan fingerprint density at radius 3 is 3.05 bits per heavy atom. The van der Waals surface area contributed by atoms with Gasteiger partial charge in [-0.25, -0.2) is 4.98 Å². The van der Waals surface area contributed by atoms with Crippen molar-refractivity contribution in [2.45, 2.75) is 13.0 Å². The predicted octanol–water partition coefficient (Wildman–Crippen LogP) is 1.70. The van der Waals surface area contributed by atoms with Crippen molar-refractivity contribution >= 4 is 38.8 Å². The van der Waals surface area contributed by atoms with E-state index in [-0.39, 0.29) is 5.91 Å². The van der Waals surface area contributed by atoms with Gasteiger partial charge in [0.1, 0.15) is 6.04 Å². The number of amides is 1. The van der Waals surface area contributed by atoms with Gasteiger partial charge in [-0.15, -0.1) is 0 Å². The second-order valence-electron chi connectivity index (χ2n) is 4.43. The molecule has 0 aliphatic rings. The number of rotatable bonds is 5. The number of nitrogens with one attached hydrogen (secondary N) is 1. The number of imidazole rings is 1. The van der Waals surface area contributed by atoms with Gasteiger partial charge >= 0.3 is 0 Å². The number of benzene rings is 1. The standard InChI is InChI=1S/C13H17BrN4O2/c1-8(12(19)16-5-6-20-2)18-11-7-9(14)3-4-10(11)17-13(18)15/h3-4,7-8H,5-6H2,1-2H3,(H2,15,17)(H,16,19). The first kappa shape index (κ1) is 14.8. The Morgan fingerprint density at radius 2 is 2.35 bits per heavy atom. The molecule has 0 aliphatic heterocycles. The maximum absolute atomic E-state index is 12.1. The molecule has 0 fully saturated rings. The molecule has 1 amide bonds. The number of nitrogens with zero attached hydrogens (tertiary/aromatic N) is 2. The van der Waals surface area contributed by atoms with Gasteiger partial charge in [-0.3, -0.25) is 9.36 Å². The minimum atomic E-state index is -0.439. The first-order valence-electron chi connectivity index (χ1n) is 6.24. The van der Waals surface area contributed by atoms with Gasteiger partial charge < -0.3 is 15.8 Å². The molecule has 0 spiro atoms. The number of carbonyl (C=O) groups excluding carboxylic acids is 1. The third-order valence-electron chi connectivity index (χ3n) is 3.05. The van der Waals surface area contributed by atoms with E-state index in [2.05, 4.69) is 26.2 Å². The van der Waals surface area contributed by atoms with Gasteiger partial charge in [-0.2, -0.15) is 0 Å². The molecule has 3 N–H and O–H groups in total. The molecule has 1 aromatic heterocycles. The lowest BCUT2D eigenvalue weighted by Crippen LogP contribution is -2.33. The molecule has 2 rings (SSSR count). The SMILES string of the molecule is COCCNC(=O)C(C)n1c(N)nc2ccc(Br)cc21. The molecule has 20 heavy (non-hydrogen) atoms. The van der Waals surface area contributed by atoms with Crippen LogP contribution in [0.2, 0.25) is 0 Å². The van der Waals surface area contributed by atoms with Gasteiger partial charge in [0, 0.05) is 18.1 Å². The number of nitrogens with two attached hydrogens (primary N) is 1. The van der Waals surface area contributed by atoms with Crippen LogP contribution in [-0.4, -0.2) is 35.7 Å².